The molecule has 1 aliphatic rings. The second kappa shape index (κ2) is 4.84. The van der Waals surface area contributed by atoms with E-state index in [1.807, 2.05) is 13.8 Å². The van der Waals surface area contributed by atoms with Gasteiger partial charge in [-0.15, -0.1) is 5.01 Å². The summed E-state index contributed by atoms with van der Waals surface area (Å²) >= 11 is 0. The van der Waals surface area contributed by atoms with Gasteiger partial charge in [0.1, 0.15) is 11.1 Å². The minimum atomic E-state index is -0.403. The number of aliphatic hydroxyl groups excluding tert-OH is 1. The summed E-state index contributed by atoms with van der Waals surface area (Å²) < 4.78 is 4.81. The Labute approximate surface area is 125 Å². The molecule has 2 heterocycles. The number of aliphatic hydroxyl groups is 1. The van der Waals surface area contributed by atoms with Crippen LogP contribution < -0.4 is 15.4 Å². The van der Waals surface area contributed by atoms with Crippen molar-refractivity contribution in [2.45, 2.75) is 58.2 Å². The molecular weight excluding hydrogens is 272 g/mol. The summed E-state index contributed by atoms with van der Waals surface area (Å²) in [6.07, 6.45) is 1.41. The summed E-state index contributed by atoms with van der Waals surface area (Å²) in [5.74, 6) is 0. The van der Waals surface area contributed by atoms with Gasteiger partial charge in [0, 0.05) is 28.7 Å². The number of nitrogens with zero attached hydrogens (tertiary/aromatic N) is 3. The molecule has 7 heteroatoms. The molecule has 0 unspecified atom stereocenters. The fourth-order valence-electron chi connectivity index (χ4n) is 3.40. The zero-order valence-corrected chi connectivity index (χ0v) is 13.8. The van der Waals surface area contributed by atoms with Gasteiger partial charge in [-0.2, -0.15) is 0 Å². The number of aromatic amines is 1. The maximum absolute atomic E-state index is 11.3. The summed E-state index contributed by atoms with van der Waals surface area (Å²) in [6.45, 7) is 14.2. The number of hydrogen-bond donors (Lipinski definition) is 2. The fourth-order valence-corrected chi connectivity index (χ4v) is 3.40. The van der Waals surface area contributed by atoms with Crippen LogP contribution in [-0.4, -0.2) is 51.6 Å². The molecule has 1 fully saturated rings. The third kappa shape index (κ3) is 2.85. The van der Waals surface area contributed by atoms with Crippen LogP contribution in [0, 0.1) is 0 Å². The van der Waals surface area contributed by atoms with Gasteiger partial charge >= 0.3 is 11.8 Å². The van der Waals surface area contributed by atoms with E-state index in [4.69, 9.17) is 4.52 Å². The van der Waals surface area contributed by atoms with Gasteiger partial charge in [-0.05, 0) is 41.5 Å². The number of nitrogens with one attached hydrogen (secondary N) is 1. The lowest BCUT2D eigenvalue weighted by Crippen LogP contribution is -2.83. The molecular formula is C14H27N4O3+. The van der Waals surface area contributed by atoms with Gasteiger partial charge in [0.05, 0.1) is 6.61 Å². The van der Waals surface area contributed by atoms with E-state index in [0.717, 1.165) is 13.1 Å². The molecule has 2 rings (SSSR count). The van der Waals surface area contributed by atoms with Crippen LogP contribution in [-0.2, 0) is 0 Å². The van der Waals surface area contributed by atoms with Crippen LogP contribution in [0.2, 0.25) is 0 Å². The van der Waals surface area contributed by atoms with Gasteiger partial charge in [-0.25, -0.2) is 4.79 Å². The second-order valence-corrected chi connectivity index (χ2v) is 7.75. The van der Waals surface area contributed by atoms with Crippen LogP contribution in [0.1, 0.15) is 41.5 Å². The number of H-pyrrole nitrogens is 1. The van der Waals surface area contributed by atoms with E-state index >= 15 is 0 Å². The van der Waals surface area contributed by atoms with Crippen LogP contribution in [0.4, 0.5) is 0 Å². The summed E-state index contributed by atoms with van der Waals surface area (Å²) in [7, 11) is 0. The van der Waals surface area contributed by atoms with Crippen LogP contribution >= 0.6 is 0 Å². The molecule has 0 saturated carbocycles. The van der Waals surface area contributed by atoms with Crippen molar-refractivity contribution < 1.29 is 14.4 Å². The normalized spacial score (nSPS) is 22.5. The minimum Gasteiger partial charge on any atom is -0.394 e. The van der Waals surface area contributed by atoms with E-state index in [-0.39, 0.29) is 23.2 Å². The summed E-state index contributed by atoms with van der Waals surface area (Å²) in [6, 6.07) is 0. The Kier molecular flexibility index (Phi) is 3.70. The number of piperazine rings is 1. The first kappa shape index (κ1) is 16.0. The zero-order chi connectivity index (χ0) is 16.1. The molecule has 21 heavy (non-hydrogen) atoms. The third-order valence-electron chi connectivity index (χ3n) is 4.23. The summed E-state index contributed by atoms with van der Waals surface area (Å²) in [5.41, 5.74) is -1.17. The van der Waals surface area contributed by atoms with Crippen molar-refractivity contribution in [3.8, 4) is 0 Å². The van der Waals surface area contributed by atoms with Gasteiger partial charge in [-0.1, -0.05) is 0 Å². The van der Waals surface area contributed by atoms with E-state index in [2.05, 4.69) is 42.9 Å². The minimum absolute atomic E-state index is 0.106. The second-order valence-electron chi connectivity index (χ2n) is 7.75. The van der Waals surface area contributed by atoms with Gasteiger partial charge in [0.25, 0.3) is 0 Å². The molecule has 120 valence electrons. The smallest absolute Gasteiger partial charge is 0.394 e. The average molecular weight is 299 g/mol. The van der Waals surface area contributed by atoms with Crippen molar-refractivity contribution in [2.24, 2.45) is 0 Å². The highest BCUT2D eigenvalue weighted by Crippen LogP contribution is 2.31. The maximum atomic E-state index is 11.3. The molecule has 1 saturated heterocycles. The average Bonchev–Trinajstić information content (AvgIpc) is 2.72. The third-order valence-corrected chi connectivity index (χ3v) is 4.23. The van der Waals surface area contributed by atoms with Crippen molar-refractivity contribution in [3.05, 3.63) is 16.6 Å². The highest BCUT2D eigenvalue weighted by Gasteiger charge is 2.53. The SMILES string of the molecule is CC(C)(CO)N1CC(C)(C)N([n+]2cc(=O)o[nH]2)C(C)(C)C1. The molecule has 1 aromatic rings. The molecule has 0 aromatic carbocycles. The van der Waals surface area contributed by atoms with Crippen LogP contribution in [0.15, 0.2) is 15.5 Å². The largest absolute Gasteiger partial charge is 0.430 e. The lowest BCUT2D eigenvalue weighted by atomic mass is 9.86. The molecule has 0 amide bonds. The predicted octanol–water partition coefficient (Wildman–Crippen LogP) is -0.163. The van der Waals surface area contributed by atoms with Crippen molar-refractivity contribution in [1.82, 2.24) is 10.2 Å². The number of rotatable bonds is 3. The Hall–Kier alpha value is -1.34. The molecule has 0 aliphatic carbocycles. The van der Waals surface area contributed by atoms with Crippen LogP contribution in [0.25, 0.3) is 0 Å². The lowest BCUT2D eigenvalue weighted by molar-refractivity contribution is -0.774. The van der Waals surface area contributed by atoms with Crippen molar-refractivity contribution in [2.75, 3.05) is 24.7 Å². The van der Waals surface area contributed by atoms with Crippen LogP contribution in [0.5, 0.6) is 0 Å². The van der Waals surface area contributed by atoms with Crippen LogP contribution in [0.3, 0.4) is 0 Å². The zero-order valence-electron chi connectivity index (χ0n) is 13.8. The molecule has 0 bridgehead atoms. The molecule has 0 spiro atoms. The molecule has 7 nitrogen and oxygen atoms in total. The van der Waals surface area contributed by atoms with Gasteiger partial charge < -0.3 is 5.11 Å². The van der Waals surface area contributed by atoms with E-state index in [1.54, 1.807) is 4.79 Å². The Morgan fingerprint density at radius 2 is 1.86 bits per heavy atom. The Balaban J connectivity index is 2.40. The first-order chi connectivity index (χ1) is 9.49. The van der Waals surface area contributed by atoms with Gasteiger partial charge in [0.15, 0.2) is 0 Å². The van der Waals surface area contributed by atoms with E-state index in [9.17, 15) is 9.90 Å². The first-order valence-corrected chi connectivity index (χ1v) is 7.26. The first-order valence-electron chi connectivity index (χ1n) is 7.26. The van der Waals surface area contributed by atoms with E-state index in [1.165, 1.54) is 6.20 Å². The molecule has 1 aliphatic heterocycles. The Bertz CT molecular complexity index is 541. The van der Waals surface area contributed by atoms with Crippen molar-refractivity contribution in [1.29, 1.82) is 0 Å². The molecule has 2 N–H and O–H groups in total. The number of hydrogen-bond acceptors (Lipinski definition) is 5. The topological polar surface area (TPSA) is 76.6 Å². The van der Waals surface area contributed by atoms with E-state index < -0.39 is 5.63 Å². The van der Waals surface area contributed by atoms with Crippen molar-refractivity contribution >= 4 is 0 Å². The summed E-state index contributed by atoms with van der Waals surface area (Å²) in [5, 5.41) is 14.4. The molecule has 1 aromatic heterocycles. The Morgan fingerprint density at radius 1 is 1.33 bits per heavy atom. The lowest BCUT2D eigenvalue weighted by Gasteiger charge is -2.54. The highest BCUT2D eigenvalue weighted by atomic mass is 16.5. The maximum Gasteiger partial charge on any atom is 0.430 e. The van der Waals surface area contributed by atoms with Gasteiger partial charge in [0.2, 0.25) is 0 Å². The van der Waals surface area contributed by atoms with E-state index in [0.29, 0.717) is 0 Å². The quantitative estimate of drug-likeness (QED) is 0.758. The monoisotopic (exact) mass is 299 g/mol. The fraction of sp³-hybridized carbons (Fsp3) is 0.857. The molecule has 0 radical (unpaired) electrons. The van der Waals surface area contributed by atoms with Crippen molar-refractivity contribution in [3.63, 3.8) is 0 Å². The standard InChI is InChI=1S/C14H26N4O3/c1-12(2)8-16(14(5,6)10-19)9-13(3,4)18(12)17-7-11(20)21-15-17/h7,19H,8-10H2,1-6H3/p+1. The summed E-state index contributed by atoms with van der Waals surface area (Å²) in [4.78, 5) is 15.3. The number of aromatic nitrogens is 2. The predicted molar refractivity (Wildman–Crippen MR) is 78.6 cm³/mol. The highest BCUT2D eigenvalue weighted by molar-refractivity contribution is 5.13. The Morgan fingerprint density at radius 3 is 2.24 bits per heavy atom. The van der Waals surface area contributed by atoms with Gasteiger partial charge in [-0.3, -0.25) is 9.42 Å². The molecule has 0 atom stereocenters.